The van der Waals surface area contributed by atoms with Gasteiger partial charge < -0.3 is 10.0 Å². The summed E-state index contributed by atoms with van der Waals surface area (Å²) in [6.45, 7) is 7.73. The molecule has 3 atom stereocenters. The van der Waals surface area contributed by atoms with Gasteiger partial charge in [0.25, 0.3) is 0 Å². The molecule has 3 unspecified atom stereocenters. The maximum absolute atomic E-state index is 10.5. The van der Waals surface area contributed by atoms with Gasteiger partial charge in [-0.15, -0.1) is 0 Å². The molecule has 2 nitrogen and oxygen atoms in total. The van der Waals surface area contributed by atoms with Gasteiger partial charge >= 0.3 is 0 Å². The Kier molecular flexibility index (Phi) is 6.49. The van der Waals surface area contributed by atoms with Crippen molar-refractivity contribution in [3.05, 3.63) is 0 Å². The third-order valence-electron chi connectivity index (χ3n) is 4.62. The van der Waals surface area contributed by atoms with Gasteiger partial charge in [-0.25, -0.2) is 0 Å². The van der Waals surface area contributed by atoms with Crippen LogP contribution in [0.25, 0.3) is 0 Å². The molecule has 0 bridgehead atoms. The van der Waals surface area contributed by atoms with Gasteiger partial charge in [0.15, 0.2) is 0 Å². The van der Waals surface area contributed by atoms with Crippen LogP contribution in [0.3, 0.4) is 0 Å². The van der Waals surface area contributed by atoms with Crippen LogP contribution in [0.2, 0.25) is 0 Å². The molecule has 0 amide bonds. The minimum absolute atomic E-state index is 0.102. The second-order valence-corrected chi connectivity index (χ2v) is 7.45. The second kappa shape index (κ2) is 7.16. The van der Waals surface area contributed by atoms with Crippen LogP contribution < -0.4 is 0 Å². The predicted octanol–water partition coefficient (Wildman–Crippen LogP) is 3.25. The molecule has 0 aromatic carbocycles. The Morgan fingerprint density at radius 2 is 2.11 bits per heavy atom. The van der Waals surface area contributed by atoms with Crippen molar-refractivity contribution in [2.45, 2.75) is 58.6 Å². The number of thioether (sulfide) groups is 1. The van der Waals surface area contributed by atoms with E-state index < -0.39 is 0 Å². The second-order valence-electron chi connectivity index (χ2n) is 6.54. The third-order valence-corrected chi connectivity index (χ3v) is 5.34. The number of rotatable bonds is 6. The smallest absolute Gasteiger partial charge is 0.0631 e. The van der Waals surface area contributed by atoms with Crippen molar-refractivity contribution in [3.8, 4) is 0 Å². The van der Waals surface area contributed by atoms with E-state index in [1.807, 2.05) is 11.8 Å². The van der Waals surface area contributed by atoms with E-state index in [4.69, 9.17) is 0 Å². The van der Waals surface area contributed by atoms with E-state index in [1.54, 1.807) is 0 Å². The lowest BCUT2D eigenvalue weighted by molar-refractivity contribution is -0.0435. The van der Waals surface area contributed by atoms with E-state index in [0.29, 0.717) is 12.0 Å². The van der Waals surface area contributed by atoms with Gasteiger partial charge in [-0.3, -0.25) is 0 Å². The molecular formula is C15H31NOS. The summed E-state index contributed by atoms with van der Waals surface area (Å²) in [4.78, 5) is 2.46. The number of hydrogen-bond acceptors (Lipinski definition) is 3. The van der Waals surface area contributed by atoms with Crippen molar-refractivity contribution < 1.29 is 5.11 Å². The first-order valence-corrected chi connectivity index (χ1v) is 8.69. The molecule has 1 fully saturated rings. The summed E-state index contributed by atoms with van der Waals surface area (Å²) in [5.74, 6) is 1.65. The largest absolute Gasteiger partial charge is 0.392 e. The molecule has 1 saturated carbocycles. The highest BCUT2D eigenvalue weighted by atomic mass is 32.2. The van der Waals surface area contributed by atoms with Gasteiger partial charge in [-0.05, 0) is 43.9 Å². The van der Waals surface area contributed by atoms with Crippen molar-refractivity contribution in [3.63, 3.8) is 0 Å². The molecule has 0 aliphatic heterocycles. The minimum atomic E-state index is -0.138. The highest BCUT2D eigenvalue weighted by Crippen LogP contribution is 2.39. The molecule has 1 N–H and O–H groups in total. The lowest BCUT2D eigenvalue weighted by atomic mass is 9.69. The molecule has 3 heteroatoms. The molecule has 0 spiro atoms. The van der Waals surface area contributed by atoms with Crippen LogP contribution in [0.15, 0.2) is 0 Å². The lowest BCUT2D eigenvalue weighted by Gasteiger charge is -2.43. The van der Waals surface area contributed by atoms with Crippen LogP contribution in [0.4, 0.5) is 0 Å². The summed E-state index contributed by atoms with van der Waals surface area (Å²) >= 11 is 1.92. The quantitative estimate of drug-likeness (QED) is 0.803. The Morgan fingerprint density at radius 1 is 1.44 bits per heavy atom. The van der Waals surface area contributed by atoms with Gasteiger partial charge in [-0.2, -0.15) is 11.8 Å². The number of aliphatic hydroxyl groups is 1. The van der Waals surface area contributed by atoms with E-state index in [-0.39, 0.29) is 11.5 Å². The van der Waals surface area contributed by atoms with Gasteiger partial charge in [0, 0.05) is 18.3 Å². The maximum atomic E-state index is 10.5. The van der Waals surface area contributed by atoms with E-state index in [9.17, 15) is 5.11 Å². The number of hydrogen-bond donors (Lipinski definition) is 1. The van der Waals surface area contributed by atoms with Crippen LogP contribution in [-0.4, -0.2) is 47.8 Å². The van der Waals surface area contributed by atoms with Gasteiger partial charge in [0.2, 0.25) is 0 Å². The molecule has 108 valence electrons. The van der Waals surface area contributed by atoms with E-state index in [1.165, 1.54) is 25.0 Å². The molecule has 0 heterocycles. The third kappa shape index (κ3) is 4.14. The maximum Gasteiger partial charge on any atom is 0.0631 e. The fraction of sp³-hybridized carbons (Fsp3) is 1.00. The number of aliphatic hydroxyl groups excluding tert-OH is 1. The zero-order valence-electron chi connectivity index (χ0n) is 12.8. The summed E-state index contributed by atoms with van der Waals surface area (Å²) in [5.41, 5.74) is 0.102. The molecule has 1 rings (SSSR count). The Labute approximate surface area is 118 Å². The van der Waals surface area contributed by atoms with E-state index in [0.717, 1.165) is 13.0 Å². The highest BCUT2D eigenvalue weighted by Gasteiger charge is 2.38. The van der Waals surface area contributed by atoms with Crippen LogP contribution in [-0.2, 0) is 0 Å². The van der Waals surface area contributed by atoms with Crippen molar-refractivity contribution in [2.24, 2.45) is 11.3 Å². The SMILES string of the molecule is CCC(CSC)N(C)CC1CCCC(C)(C)C1O. The summed E-state index contributed by atoms with van der Waals surface area (Å²) in [7, 11) is 2.22. The monoisotopic (exact) mass is 273 g/mol. The first kappa shape index (κ1) is 16.3. The first-order chi connectivity index (χ1) is 8.42. The Morgan fingerprint density at radius 3 is 2.67 bits per heavy atom. The van der Waals surface area contributed by atoms with Gasteiger partial charge in [0.05, 0.1) is 6.10 Å². The van der Waals surface area contributed by atoms with Crippen LogP contribution in [0.1, 0.15) is 46.5 Å². The van der Waals surface area contributed by atoms with Crippen LogP contribution in [0, 0.1) is 11.3 Å². The topological polar surface area (TPSA) is 23.5 Å². The predicted molar refractivity (Wildman–Crippen MR) is 82.2 cm³/mol. The Balaban J connectivity index is 2.55. The summed E-state index contributed by atoms with van der Waals surface area (Å²) in [6, 6.07) is 0.650. The molecule has 1 aliphatic carbocycles. The molecule has 0 radical (unpaired) electrons. The Hall–Kier alpha value is 0.270. The summed E-state index contributed by atoms with van der Waals surface area (Å²) in [6.07, 6.45) is 6.85. The zero-order chi connectivity index (χ0) is 13.8. The minimum Gasteiger partial charge on any atom is -0.392 e. The average Bonchev–Trinajstić information content (AvgIpc) is 2.31. The molecule has 0 saturated heterocycles. The lowest BCUT2D eigenvalue weighted by Crippen LogP contribution is -2.46. The summed E-state index contributed by atoms with van der Waals surface area (Å²) in [5, 5.41) is 10.5. The number of nitrogens with zero attached hydrogens (tertiary/aromatic N) is 1. The normalized spacial score (nSPS) is 29.5. The fourth-order valence-corrected chi connectivity index (χ4v) is 4.10. The Bertz CT molecular complexity index is 245. The zero-order valence-corrected chi connectivity index (χ0v) is 13.6. The molecule has 0 aromatic rings. The van der Waals surface area contributed by atoms with E-state index >= 15 is 0 Å². The average molecular weight is 273 g/mol. The van der Waals surface area contributed by atoms with Gasteiger partial charge in [0.1, 0.15) is 0 Å². The molecular weight excluding hydrogens is 242 g/mol. The van der Waals surface area contributed by atoms with Crippen molar-refractivity contribution in [2.75, 3.05) is 25.6 Å². The van der Waals surface area contributed by atoms with Crippen molar-refractivity contribution >= 4 is 11.8 Å². The summed E-state index contributed by atoms with van der Waals surface area (Å²) < 4.78 is 0. The van der Waals surface area contributed by atoms with Crippen molar-refractivity contribution in [1.29, 1.82) is 0 Å². The van der Waals surface area contributed by atoms with Crippen LogP contribution in [0.5, 0.6) is 0 Å². The van der Waals surface area contributed by atoms with Crippen molar-refractivity contribution in [1.82, 2.24) is 4.90 Å². The highest BCUT2D eigenvalue weighted by molar-refractivity contribution is 7.98. The standard InChI is InChI=1S/C15H31NOS/c1-6-13(11-18-5)16(4)10-12-8-7-9-15(2,3)14(12)17/h12-14,17H,6-11H2,1-5H3. The van der Waals surface area contributed by atoms with E-state index in [2.05, 4.69) is 39.0 Å². The molecule has 0 aromatic heterocycles. The fourth-order valence-electron chi connectivity index (χ4n) is 3.22. The molecule has 1 aliphatic rings. The molecule has 18 heavy (non-hydrogen) atoms. The first-order valence-electron chi connectivity index (χ1n) is 7.29. The van der Waals surface area contributed by atoms with Crippen LogP contribution >= 0.6 is 11.8 Å². The van der Waals surface area contributed by atoms with Gasteiger partial charge in [-0.1, -0.05) is 27.2 Å².